The zero-order valence-corrected chi connectivity index (χ0v) is 14.4. The number of rotatable bonds is 4. The lowest BCUT2D eigenvalue weighted by Crippen LogP contribution is -2.13. The van der Waals surface area contributed by atoms with Crippen LogP contribution in [0.25, 0.3) is 16.9 Å². The van der Waals surface area contributed by atoms with Crippen LogP contribution >= 0.6 is 0 Å². The first kappa shape index (κ1) is 15.6. The van der Waals surface area contributed by atoms with Crippen LogP contribution < -0.4 is 4.74 Å². The molecule has 0 spiro atoms. The standard InChI is InChI=1S/C19H23N3O/c1-13-7-6-10-22-16(12-21(3)4)18(20-19(13)22)15-8-9-17(23-5)14(2)11-15/h6-11H,12H2,1-5H3. The summed E-state index contributed by atoms with van der Waals surface area (Å²) in [5.41, 5.74) is 6.70. The van der Waals surface area contributed by atoms with Crippen molar-refractivity contribution < 1.29 is 4.74 Å². The predicted molar refractivity (Wildman–Crippen MR) is 94.0 cm³/mol. The second-order valence-electron chi connectivity index (χ2n) is 6.21. The topological polar surface area (TPSA) is 29.8 Å². The van der Waals surface area contributed by atoms with Gasteiger partial charge in [0.2, 0.25) is 0 Å². The number of ether oxygens (including phenoxy) is 1. The summed E-state index contributed by atoms with van der Waals surface area (Å²) in [7, 11) is 5.87. The van der Waals surface area contributed by atoms with Crippen molar-refractivity contribution in [1.82, 2.24) is 14.3 Å². The molecular formula is C19H23N3O. The van der Waals surface area contributed by atoms with Crippen molar-refractivity contribution >= 4 is 5.65 Å². The molecule has 4 nitrogen and oxygen atoms in total. The number of hydrogen-bond acceptors (Lipinski definition) is 3. The molecule has 0 aliphatic carbocycles. The monoisotopic (exact) mass is 309 g/mol. The Morgan fingerprint density at radius 2 is 1.91 bits per heavy atom. The Labute approximate surface area is 137 Å². The number of imidazole rings is 1. The van der Waals surface area contributed by atoms with E-state index in [0.29, 0.717) is 0 Å². The molecular weight excluding hydrogens is 286 g/mol. The predicted octanol–water partition coefficient (Wildman–Crippen LogP) is 3.69. The molecule has 0 bridgehead atoms. The second kappa shape index (κ2) is 6.05. The van der Waals surface area contributed by atoms with Crippen LogP contribution in [0.2, 0.25) is 0 Å². The molecule has 4 heteroatoms. The van der Waals surface area contributed by atoms with E-state index in [-0.39, 0.29) is 0 Å². The van der Waals surface area contributed by atoms with Gasteiger partial charge in [-0.1, -0.05) is 6.07 Å². The van der Waals surface area contributed by atoms with Gasteiger partial charge in [0.1, 0.15) is 11.4 Å². The van der Waals surface area contributed by atoms with Gasteiger partial charge < -0.3 is 14.0 Å². The van der Waals surface area contributed by atoms with Crippen molar-refractivity contribution in [2.24, 2.45) is 0 Å². The van der Waals surface area contributed by atoms with Crippen LogP contribution in [0, 0.1) is 13.8 Å². The highest BCUT2D eigenvalue weighted by Crippen LogP contribution is 2.30. The minimum atomic E-state index is 0.838. The van der Waals surface area contributed by atoms with Gasteiger partial charge in [-0.15, -0.1) is 0 Å². The lowest BCUT2D eigenvalue weighted by molar-refractivity contribution is 0.396. The summed E-state index contributed by atoms with van der Waals surface area (Å²) in [5.74, 6) is 0.905. The first-order valence-electron chi connectivity index (χ1n) is 7.77. The molecule has 0 N–H and O–H groups in total. The Bertz CT molecular complexity index is 849. The zero-order valence-electron chi connectivity index (χ0n) is 14.4. The number of hydrogen-bond donors (Lipinski definition) is 0. The molecule has 0 aliphatic heterocycles. The van der Waals surface area contributed by atoms with Crippen molar-refractivity contribution in [2.45, 2.75) is 20.4 Å². The van der Waals surface area contributed by atoms with Crippen molar-refractivity contribution in [1.29, 1.82) is 0 Å². The number of methoxy groups -OCH3 is 1. The Kier molecular flexibility index (Phi) is 4.09. The Hall–Kier alpha value is -2.33. The largest absolute Gasteiger partial charge is 0.496 e. The molecule has 23 heavy (non-hydrogen) atoms. The van der Waals surface area contributed by atoms with Crippen LogP contribution in [-0.4, -0.2) is 35.5 Å². The summed E-state index contributed by atoms with van der Waals surface area (Å²) >= 11 is 0. The molecule has 0 atom stereocenters. The molecule has 1 aromatic carbocycles. The Balaban J connectivity index is 2.23. The number of pyridine rings is 1. The first-order chi connectivity index (χ1) is 11.0. The van der Waals surface area contributed by atoms with Crippen LogP contribution in [0.1, 0.15) is 16.8 Å². The summed E-state index contributed by atoms with van der Waals surface area (Å²) in [5, 5.41) is 0. The lowest BCUT2D eigenvalue weighted by Gasteiger charge is -2.12. The highest BCUT2D eigenvalue weighted by Gasteiger charge is 2.16. The van der Waals surface area contributed by atoms with Crippen LogP contribution in [-0.2, 0) is 6.54 Å². The fourth-order valence-electron chi connectivity index (χ4n) is 2.96. The van der Waals surface area contributed by atoms with E-state index in [4.69, 9.17) is 9.72 Å². The van der Waals surface area contributed by atoms with Gasteiger partial charge in [-0.25, -0.2) is 4.98 Å². The fourth-order valence-corrected chi connectivity index (χ4v) is 2.96. The number of aromatic nitrogens is 2. The van der Waals surface area contributed by atoms with Gasteiger partial charge in [0, 0.05) is 18.3 Å². The van der Waals surface area contributed by atoms with E-state index in [1.165, 1.54) is 11.3 Å². The molecule has 0 fully saturated rings. The molecule has 0 saturated carbocycles. The van der Waals surface area contributed by atoms with Crippen LogP contribution in [0.5, 0.6) is 5.75 Å². The quantitative estimate of drug-likeness (QED) is 0.736. The van der Waals surface area contributed by atoms with E-state index in [1.807, 2.05) is 6.07 Å². The number of benzene rings is 1. The molecule has 0 unspecified atom stereocenters. The molecule has 0 saturated heterocycles. The fraction of sp³-hybridized carbons (Fsp3) is 0.316. The van der Waals surface area contributed by atoms with E-state index in [2.05, 4.69) is 67.7 Å². The van der Waals surface area contributed by atoms with Gasteiger partial charge in [-0.2, -0.15) is 0 Å². The van der Waals surface area contributed by atoms with Crippen LogP contribution in [0.3, 0.4) is 0 Å². The summed E-state index contributed by atoms with van der Waals surface area (Å²) in [6, 6.07) is 10.4. The van der Waals surface area contributed by atoms with Crippen LogP contribution in [0.4, 0.5) is 0 Å². The maximum Gasteiger partial charge on any atom is 0.140 e. The van der Waals surface area contributed by atoms with E-state index in [1.54, 1.807) is 7.11 Å². The second-order valence-corrected chi connectivity index (χ2v) is 6.21. The normalized spacial score (nSPS) is 11.4. The zero-order chi connectivity index (χ0) is 16.6. The minimum absolute atomic E-state index is 0.838. The molecule has 0 radical (unpaired) electrons. The third-order valence-electron chi connectivity index (χ3n) is 4.08. The molecule has 3 aromatic rings. The van der Waals surface area contributed by atoms with Crippen molar-refractivity contribution in [3.05, 3.63) is 53.3 Å². The lowest BCUT2D eigenvalue weighted by atomic mass is 10.1. The Morgan fingerprint density at radius 3 is 2.57 bits per heavy atom. The third kappa shape index (κ3) is 2.82. The molecule has 3 rings (SSSR count). The smallest absolute Gasteiger partial charge is 0.140 e. The molecule has 120 valence electrons. The van der Waals surface area contributed by atoms with E-state index < -0.39 is 0 Å². The number of nitrogens with zero attached hydrogens (tertiary/aromatic N) is 3. The van der Waals surface area contributed by atoms with E-state index in [0.717, 1.165) is 34.8 Å². The minimum Gasteiger partial charge on any atom is -0.496 e. The molecule has 0 amide bonds. The highest BCUT2D eigenvalue weighted by molar-refractivity contribution is 5.69. The maximum atomic E-state index is 5.37. The summed E-state index contributed by atoms with van der Waals surface area (Å²) in [4.78, 5) is 7.10. The van der Waals surface area contributed by atoms with Crippen molar-refractivity contribution in [3.8, 4) is 17.0 Å². The number of aryl methyl sites for hydroxylation is 2. The van der Waals surface area contributed by atoms with Gasteiger partial charge >= 0.3 is 0 Å². The average molecular weight is 309 g/mol. The number of fused-ring (bicyclic) bond motifs is 1. The Morgan fingerprint density at radius 1 is 1.13 bits per heavy atom. The first-order valence-corrected chi connectivity index (χ1v) is 7.77. The third-order valence-corrected chi connectivity index (χ3v) is 4.08. The van der Waals surface area contributed by atoms with Crippen molar-refractivity contribution in [2.75, 3.05) is 21.2 Å². The molecule has 2 heterocycles. The average Bonchev–Trinajstić information content (AvgIpc) is 2.87. The van der Waals surface area contributed by atoms with Gasteiger partial charge in [-0.05, 0) is 63.3 Å². The molecule has 0 aliphatic rings. The van der Waals surface area contributed by atoms with E-state index >= 15 is 0 Å². The SMILES string of the molecule is COc1ccc(-c2nc3c(C)cccn3c2CN(C)C)cc1C. The molecule has 2 aromatic heterocycles. The van der Waals surface area contributed by atoms with E-state index in [9.17, 15) is 0 Å². The summed E-state index contributed by atoms with van der Waals surface area (Å²) in [6.07, 6.45) is 2.09. The van der Waals surface area contributed by atoms with Gasteiger partial charge in [0.25, 0.3) is 0 Å². The summed E-state index contributed by atoms with van der Waals surface area (Å²) in [6.45, 7) is 5.00. The van der Waals surface area contributed by atoms with Gasteiger partial charge in [0.15, 0.2) is 0 Å². The highest BCUT2D eigenvalue weighted by atomic mass is 16.5. The maximum absolute atomic E-state index is 5.37. The van der Waals surface area contributed by atoms with Gasteiger partial charge in [-0.3, -0.25) is 0 Å². The summed E-state index contributed by atoms with van der Waals surface area (Å²) < 4.78 is 7.57. The van der Waals surface area contributed by atoms with Crippen LogP contribution in [0.15, 0.2) is 36.5 Å². The van der Waals surface area contributed by atoms with Crippen molar-refractivity contribution in [3.63, 3.8) is 0 Å². The van der Waals surface area contributed by atoms with Gasteiger partial charge in [0.05, 0.1) is 18.5 Å².